The van der Waals surface area contributed by atoms with Crippen molar-refractivity contribution in [2.45, 2.75) is 0 Å². The molecule has 0 aliphatic carbocycles. The van der Waals surface area contributed by atoms with E-state index in [0.29, 0.717) is 5.56 Å². The Morgan fingerprint density at radius 3 is 1.27 bits per heavy atom. The largest absolute Gasteiger partial charge is 0.310 e. The van der Waals surface area contributed by atoms with Gasteiger partial charge in [-0.15, -0.1) is 0 Å². The smallest absolute Gasteiger partial charge is 0.132 e. The molecule has 0 fully saturated rings. The highest BCUT2D eigenvalue weighted by Crippen LogP contribution is 2.37. The van der Waals surface area contributed by atoms with E-state index in [-0.39, 0.29) is 5.82 Å². The van der Waals surface area contributed by atoms with Gasteiger partial charge in [0.05, 0.1) is 0 Å². The van der Waals surface area contributed by atoms with Crippen LogP contribution in [0.1, 0.15) is 11.1 Å². The second-order valence-electron chi connectivity index (χ2n) is 10.8. The van der Waals surface area contributed by atoms with E-state index in [9.17, 15) is 0 Å². The molecule has 0 atom stereocenters. The van der Waals surface area contributed by atoms with Gasteiger partial charge in [0.2, 0.25) is 0 Å². The van der Waals surface area contributed by atoms with Gasteiger partial charge in [-0.2, -0.15) is 0 Å². The summed E-state index contributed by atoms with van der Waals surface area (Å²) in [5.74, 6) is -0.270. The average Bonchev–Trinajstić information content (AvgIpc) is 3.10. The van der Waals surface area contributed by atoms with E-state index in [1.165, 1.54) is 0 Å². The lowest BCUT2D eigenvalue weighted by Crippen LogP contribution is -2.10. The first-order chi connectivity index (χ1) is 22.2. The maximum atomic E-state index is 15.5. The van der Waals surface area contributed by atoms with Crippen molar-refractivity contribution in [3.05, 3.63) is 193 Å². The van der Waals surface area contributed by atoms with Gasteiger partial charge in [0.1, 0.15) is 5.82 Å². The molecule has 0 aliphatic rings. The summed E-state index contributed by atoms with van der Waals surface area (Å²) in [7, 11) is 0. The Morgan fingerprint density at radius 2 is 0.778 bits per heavy atom. The minimum Gasteiger partial charge on any atom is -0.310 e. The SMILES string of the molecule is Fc1cc(N(c2ccccc2)c2ccccc2)ccc1/C=C/c1ccc2cc(N(c3ccccc3)c3ccccc3)ccc2c1. The van der Waals surface area contributed by atoms with Crippen molar-refractivity contribution in [1.82, 2.24) is 0 Å². The first kappa shape index (κ1) is 27.9. The zero-order valence-corrected chi connectivity index (χ0v) is 24.7. The van der Waals surface area contributed by atoms with Crippen LogP contribution in [0.5, 0.6) is 0 Å². The van der Waals surface area contributed by atoms with E-state index >= 15 is 4.39 Å². The van der Waals surface area contributed by atoms with Crippen molar-refractivity contribution in [2.75, 3.05) is 9.80 Å². The first-order valence-corrected chi connectivity index (χ1v) is 15.0. The molecule has 0 radical (unpaired) electrons. The lowest BCUT2D eigenvalue weighted by molar-refractivity contribution is 0.625. The lowest BCUT2D eigenvalue weighted by atomic mass is 10.0. The monoisotopic (exact) mass is 582 g/mol. The first-order valence-electron chi connectivity index (χ1n) is 15.0. The third kappa shape index (κ3) is 6.11. The van der Waals surface area contributed by atoms with Gasteiger partial charge in [0, 0.05) is 39.7 Å². The molecule has 0 aromatic heterocycles. The van der Waals surface area contributed by atoms with Gasteiger partial charge in [-0.3, -0.25) is 0 Å². The Bertz CT molecular complexity index is 1980. The van der Waals surface area contributed by atoms with Gasteiger partial charge in [-0.05, 0) is 101 Å². The number of hydrogen-bond donors (Lipinski definition) is 0. The molecule has 0 aliphatic heterocycles. The van der Waals surface area contributed by atoms with E-state index in [1.807, 2.05) is 97.1 Å². The second-order valence-corrected chi connectivity index (χ2v) is 10.8. The number of hydrogen-bond acceptors (Lipinski definition) is 2. The fraction of sp³-hybridized carbons (Fsp3) is 0. The van der Waals surface area contributed by atoms with Crippen LogP contribution in [-0.2, 0) is 0 Å². The van der Waals surface area contributed by atoms with Crippen LogP contribution in [0, 0.1) is 5.82 Å². The number of halogens is 1. The Hall–Kier alpha value is -5.93. The van der Waals surface area contributed by atoms with Gasteiger partial charge in [0.15, 0.2) is 0 Å². The molecule has 0 N–H and O–H groups in total. The summed E-state index contributed by atoms with van der Waals surface area (Å²) in [4.78, 5) is 4.32. The third-order valence-electron chi connectivity index (χ3n) is 7.86. The van der Waals surface area contributed by atoms with Gasteiger partial charge in [-0.25, -0.2) is 4.39 Å². The molecule has 3 heteroatoms. The minimum atomic E-state index is -0.270. The molecule has 2 nitrogen and oxygen atoms in total. The predicted molar refractivity (Wildman–Crippen MR) is 189 cm³/mol. The molecule has 7 aromatic carbocycles. The van der Waals surface area contributed by atoms with Gasteiger partial charge in [0.25, 0.3) is 0 Å². The number of para-hydroxylation sites is 4. The summed E-state index contributed by atoms with van der Waals surface area (Å²) in [6.07, 6.45) is 3.81. The van der Waals surface area contributed by atoms with Crippen molar-refractivity contribution >= 4 is 57.0 Å². The molecule has 0 heterocycles. The highest BCUT2D eigenvalue weighted by atomic mass is 19.1. The Morgan fingerprint density at radius 1 is 0.356 bits per heavy atom. The van der Waals surface area contributed by atoms with Crippen molar-refractivity contribution in [3.63, 3.8) is 0 Å². The molecule has 0 spiro atoms. The Balaban J connectivity index is 1.16. The van der Waals surface area contributed by atoms with Crippen LogP contribution in [0.4, 0.5) is 38.5 Å². The minimum absolute atomic E-state index is 0.270. The summed E-state index contributed by atoms with van der Waals surface area (Å²) < 4.78 is 15.5. The van der Waals surface area contributed by atoms with Crippen LogP contribution in [0.3, 0.4) is 0 Å². The van der Waals surface area contributed by atoms with Crippen molar-refractivity contribution in [3.8, 4) is 0 Å². The number of benzene rings is 7. The summed E-state index contributed by atoms with van der Waals surface area (Å²) in [6.45, 7) is 0. The van der Waals surface area contributed by atoms with Crippen LogP contribution >= 0.6 is 0 Å². The highest BCUT2D eigenvalue weighted by molar-refractivity contribution is 5.91. The summed E-state index contributed by atoms with van der Waals surface area (Å²) in [6, 6.07) is 59.1. The van der Waals surface area contributed by atoms with Crippen LogP contribution in [-0.4, -0.2) is 0 Å². The summed E-state index contributed by atoms with van der Waals surface area (Å²) in [5.41, 5.74) is 7.56. The molecule has 0 unspecified atom stereocenters. The average molecular weight is 583 g/mol. The van der Waals surface area contributed by atoms with Crippen molar-refractivity contribution in [1.29, 1.82) is 0 Å². The highest BCUT2D eigenvalue weighted by Gasteiger charge is 2.14. The molecular formula is C42H31FN2. The van der Waals surface area contributed by atoms with Crippen LogP contribution in [0.2, 0.25) is 0 Å². The van der Waals surface area contributed by atoms with Crippen LogP contribution in [0.25, 0.3) is 22.9 Å². The maximum Gasteiger partial charge on any atom is 0.132 e. The number of nitrogens with zero attached hydrogens (tertiary/aromatic N) is 2. The molecular weight excluding hydrogens is 551 g/mol. The standard InChI is InChI=1S/C42H31FN2/c43-42-31-41(45(38-17-9-3-10-18-38)39-19-11-4-12-20-39)27-25-33(42)23-21-32-22-24-35-30-40(28-26-34(35)29-32)44(36-13-5-1-6-14-36)37-15-7-2-8-16-37/h1-31H/b23-21+. The van der Waals surface area contributed by atoms with Gasteiger partial charge in [-0.1, -0.05) is 103 Å². The van der Waals surface area contributed by atoms with E-state index in [4.69, 9.17) is 0 Å². The molecule has 45 heavy (non-hydrogen) atoms. The number of fused-ring (bicyclic) bond motifs is 1. The number of rotatable bonds is 8. The lowest BCUT2D eigenvalue weighted by Gasteiger charge is -2.25. The Labute approximate surface area is 263 Å². The zero-order valence-electron chi connectivity index (χ0n) is 24.7. The molecule has 0 amide bonds. The quantitative estimate of drug-likeness (QED) is 0.164. The third-order valence-corrected chi connectivity index (χ3v) is 7.86. The summed E-state index contributed by atoms with van der Waals surface area (Å²) >= 11 is 0. The summed E-state index contributed by atoms with van der Waals surface area (Å²) in [5, 5.41) is 2.26. The molecule has 0 saturated carbocycles. The molecule has 216 valence electrons. The van der Waals surface area contributed by atoms with E-state index < -0.39 is 0 Å². The Kier molecular flexibility index (Phi) is 7.89. The van der Waals surface area contributed by atoms with E-state index in [0.717, 1.165) is 50.5 Å². The fourth-order valence-electron chi connectivity index (χ4n) is 5.67. The fourth-order valence-corrected chi connectivity index (χ4v) is 5.67. The number of anilines is 6. The normalized spacial score (nSPS) is 11.1. The topological polar surface area (TPSA) is 6.48 Å². The second kappa shape index (κ2) is 12.7. The van der Waals surface area contributed by atoms with Crippen LogP contribution in [0.15, 0.2) is 176 Å². The maximum absolute atomic E-state index is 15.5. The molecule has 0 saturated heterocycles. The van der Waals surface area contributed by atoms with E-state index in [2.05, 4.69) is 94.7 Å². The zero-order chi connectivity index (χ0) is 30.4. The molecule has 0 bridgehead atoms. The van der Waals surface area contributed by atoms with E-state index in [1.54, 1.807) is 6.07 Å². The van der Waals surface area contributed by atoms with Gasteiger partial charge < -0.3 is 9.80 Å². The van der Waals surface area contributed by atoms with Crippen LogP contribution < -0.4 is 9.80 Å². The predicted octanol–water partition coefficient (Wildman–Crippen LogP) is 12.1. The molecule has 7 aromatic rings. The van der Waals surface area contributed by atoms with Crippen molar-refractivity contribution in [2.24, 2.45) is 0 Å². The molecule has 7 rings (SSSR count). The van der Waals surface area contributed by atoms with Crippen molar-refractivity contribution < 1.29 is 4.39 Å². The van der Waals surface area contributed by atoms with Gasteiger partial charge >= 0.3 is 0 Å².